The monoisotopic (exact) mass is 451 g/mol. The van der Waals surface area contributed by atoms with E-state index in [1.54, 1.807) is 22.9 Å². The summed E-state index contributed by atoms with van der Waals surface area (Å²) in [5.41, 5.74) is 5.39. The fourth-order valence-electron chi connectivity index (χ4n) is 2.30. The first-order valence-corrected chi connectivity index (χ1v) is 10.7. The standard InChI is InChI=1S/C19H21N3O6S2/c1-11(18(27)22-19-12(17(20)26)7-10-30-19)28-16(25)6-8-21-15(24)5-4-13(23)14-3-2-9-29-14/h2-3,7,9-11H,4-6,8H2,1H3,(H2,20,26)(H,21,24)(H,22,27). The molecule has 1 unspecified atom stereocenters. The Morgan fingerprint density at radius 3 is 2.50 bits per heavy atom. The molecule has 0 saturated carbocycles. The maximum Gasteiger partial charge on any atom is 0.308 e. The van der Waals surface area contributed by atoms with Crippen molar-refractivity contribution in [1.82, 2.24) is 5.32 Å². The number of ether oxygens (including phenoxy) is 1. The van der Waals surface area contributed by atoms with Gasteiger partial charge in [-0.05, 0) is 29.8 Å². The summed E-state index contributed by atoms with van der Waals surface area (Å²) in [5, 5.41) is 8.69. The predicted octanol–water partition coefficient (Wildman–Crippen LogP) is 1.95. The molecule has 0 aliphatic carbocycles. The van der Waals surface area contributed by atoms with Gasteiger partial charge in [0.2, 0.25) is 5.91 Å². The Balaban J connectivity index is 1.66. The van der Waals surface area contributed by atoms with Crippen LogP contribution >= 0.6 is 22.7 Å². The molecule has 0 aliphatic rings. The lowest BCUT2D eigenvalue weighted by Crippen LogP contribution is -2.32. The van der Waals surface area contributed by atoms with E-state index in [0.717, 1.165) is 11.3 Å². The van der Waals surface area contributed by atoms with E-state index >= 15 is 0 Å². The minimum atomic E-state index is -1.10. The summed E-state index contributed by atoms with van der Waals surface area (Å²) in [6, 6.07) is 4.95. The van der Waals surface area contributed by atoms with Crippen molar-refractivity contribution < 1.29 is 28.7 Å². The van der Waals surface area contributed by atoms with Gasteiger partial charge in [0.05, 0.1) is 16.9 Å². The highest BCUT2D eigenvalue weighted by Gasteiger charge is 2.20. The first-order chi connectivity index (χ1) is 14.3. The maximum absolute atomic E-state index is 12.1. The zero-order chi connectivity index (χ0) is 22.1. The molecule has 11 heteroatoms. The second-order valence-corrected chi connectivity index (χ2v) is 8.01. The number of hydrogen-bond donors (Lipinski definition) is 3. The average molecular weight is 452 g/mol. The highest BCUT2D eigenvalue weighted by atomic mass is 32.1. The van der Waals surface area contributed by atoms with Crippen molar-refractivity contribution in [3.05, 3.63) is 39.4 Å². The fourth-order valence-corrected chi connectivity index (χ4v) is 3.79. The van der Waals surface area contributed by atoms with Crippen LogP contribution in [0.25, 0.3) is 0 Å². The van der Waals surface area contributed by atoms with Crippen molar-refractivity contribution in [2.75, 3.05) is 11.9 Å². The van der Waals surface area contributed by atoms with E-state index in [-0.39, 0.29) is 48.1 Å². The van der Waals surface area contributed by atoms with E-state index in [2.05, 4.69) is 10.6 Å². The summed E-state index contributed by atoms with van der Waals surface area (Å²) in [4.78, 5) is 59.5. The summed E-state index contributed by atoms with van der Waals surface area (Å²) < 4.78 is 5.02. The number of rotatable bonds is 11. The SMILES string of the molecule is CC(OC(=O)CCNC(=O)CCC(=O)c1cccs1)C(=O)Nc1sccc1C(N)=O. The van der Waals surface area contributed by atoms with E-state index in [4.69, 9.17) is 10.5 Å². The molecule has 0 aliphatic heterocycles. The first-order valence-electron chi connectivity index (χ1n) is 8.99. The Morgan fingerprint density at radius 2 is 1.83 bits per heavy atom. The second-order valence-electron chi connectivity index (χ2n) is 6.15. The van der Waals surface area contributed by atoms with Crippen LogP contribution in [0.15, 0.2) is 29.0 Å². The van der Waals surface area contributed by atoms with Crippen molar-refractivity contribution in [3.63, 3.8) is 0 Å². The van der Waals surface area contributed by atoms with E-state index in [1.807, 2.05) is 0 Å². The van der Waals surface area contributed by atoms with Crippen LogP contribution in [-0.2, 0) is 19.1 Å². The molecule has 0 saturated heterocycles. The summed E-state index contributed by atoms with van der Waals surface area (Å²) in [7, 11) is 0. The minimum Gasteiger partial charge on any atom is -0.452 e. The van der Waals surface area contributed by atoms with Crippen molar-refractivity contribution in [2.45, 2.75) is 32.3 Å². The third-order valence-corrected chi connectivity index (χ3v) is 5.61. The van der Waals surface area contributed by atoms with Crippen LogP contribution < -0.4 is 16.4 Å². The number of amides is 3. The van der Waals surface area contributed by atoms with Gasteiger partial charge in [-0.2, -0.15) is 0 Å². The maximum atomic E-state index is 12.1. The smallest absolute Gasteiger partial charge is 0.308 e. The van der Waals surface area contributed by atoms with Crippen molar-refractivity contribution in [2.24, 2.45) is 5.73 Å². The lowest BCUT2D eigenvalue weighted by Gasteiger charge is -2.13. The summed E-state index contributed by atoms with van der Waals surface area (Å²) in [6.45, 7) is 1.41. The average Bonchev–Trinajstić information content (AvgIpc) is 3.38. The quantitative estimate of drug-likeness (QED) is 0.352. The molecule has 160 valence electrons. The number of ketones is 1. The molecular weight excluding hydrogens is 430 g/mol. The van der Waals surface area contributed by atoms with Gasteiger partial charge in [-0.25, -0.2) is 0 Å². The molecule has 0 aromatic carbocycles. The van der Waals surface area contributed by atoms with Gasteiger partial charge in [-0.3, -0.25) is 24.0 Å². The third-order valence-electron chi connectivity index (χ3n) is 3.87. The second kappa shape index (κ2) is 11.2. The zero-order valence-corrected chi connectivity index (χ0v) is 17.8. The number of thiophene rings is 2. The van der Waals surface area contributed by atoms with Crippen molar-refractivity contribution >= 4 is 57.1 Å². The lowest BCUT2D eigenvalue weighted by molar-refractivity contribution is -0.153. The highest BCUT2D eigenvalue weighted by molar-refractivity contribution is 7.14. The number of carbonyl (C=O) groups is 5. The molecule has 0 spiro atoms. The number of Topliss-reactive ketones (excluding diaryl/α,β-unsaturated/α-hetero) is 1. The largest absolute Gasteiger partial charge is 0.452 e. The van der Waals surface area contributed by atoms with E-state index in [0.29, 0.717) is 4.88 Å². The van der Waals surface area contributed by atoms with Crippen LogP contribution in [0, 0.1) is 0 Å². The Labute approximate surface area is 180 Å². The van der Waals surface area contributed by atoms with E-state index in [9.17, 15) is 24.0 Å². The molecule has 9 nitrogen and oxygen atoms in total. The van der Waals surface area contributed by atoms with Crippen molar-refractivity contribution in [1.29, 1.82) is 0 Å². The van der Waals surface area contributed by atoms with Gasteiger partial charge in [0.1, 0.15) is 5.00 Å². The van der Waals surface area contributed by atoms with Crippen LogP contribution in [0.3, 0.4) is 0 Å². The van der Waals surface area contributed by atoms with Gasteiger partial charge >= 0.3 is 5.97 Å². The Hall–Kier alpha value is -3.05. The van der Waals surface area contributed by atoms with E-state index in [1.165, 1.54) is 24.3 Å². The number of anilines is 1. The van der Waals surface area contributed by atoms with Gasteiger partial charge in [0.15, 0.2) is 11.9 Å². The summed E-state index contributed by atoms with van der Waals surface area (Å²) in [6.07, 6.45) is -1.12. The van der Waals surface area contributed by atoms with Crippen molar-refractivity contribution in [3.8, 4) is 0 Å². The molecule has 2 rings (SSSR count). The molecule has 4 N–H and O–H groups in total. The van der Waals surface area contributed by atoms with Crippen LogP contribution in [0.2, 0.25) is 0 Å². The Bertz CT molecular complexity index is 923. The predicted molar refractivity (Wildman–Crippen MR) is 113 cm³/mol. The minimum absolute atomic E-state index is 0.0214. The summed E-state index contributed by atoms with van der Waals surface area (Å²) >= 11 is 2.44. The Kier molecular flexibility index (Phi) is 8.69. The van der Waals surface area contributed by atoms with Gasteiger partial charge < -0.3 is 21.1 Å². The van der Waals surface area contributed by atoms with E-state index < -0.39 is 23.9 Å². The molecule has 2 aromatic rings. The highest BCUT2D eigenvalue weighted by Crippen LogP contribution is 2.23. The number of nitrogens with one attached hydrogen (secondary N) is 2. The van der Waals surface area contributed by atoms with Crippen LogP contribution in [0.5, 0.6) is 0 Å². The van der Waals surface area contributed by atoms with Crippen LogP contribution in [-0.4, -0.2) is 42.1 Å². The number of hydrogen-bond acceptors (Lipinski definition) is 8. The Morgan fingerprint density at radius 1 is 1.07 bits per heavy atom. The van der Waals surface area contributed by atoms with Gasteiger partial charge in [0, 0.05) is 19.4 Å². The number of carbonyl (C=O) groups excluding carboxylic acids is 5. The molecule has 0 fully saturated rings. The molecule has 30 heavy (non-hydrogen) atoms. The van der Waals surface area contributed by atoms with Gasteiger partial charge in [0.25, 0.3) is 11.8 Å². The van der Waals surface area contributed by atoms with Gasteiger partial charge in [-0.1, -0.05) is 6.07 Å². The lowest BCUT2D eigenvalue weighted by atomic mass is 10.2. The fraction of sp³-hybridized carbons (Fsp3) is 0.316. The number of primary amides is 1. The number of nitrogens with two attached hydrogens (primary N) is 1. The van der Waals surface area contributed by atoms with Gasteiger partial charge in [-0.15, -0.1) is 22.7 Å². The molecule has 3 amide bonds. The topological polar surface area (TPSA) is 145 Å². The first kappa shape index (κ1) is 23.2. The molecule has 0 bridgehead atoms. The van der Waals surface area contributed by atoms with Crippen LogP contribution in [0.4, 0.5) is 5.00 Å². The molecule has 0 radical (unpaired) electrons. The third kappa shape index (κ3) is 7.08. The molecule has 2 aromatic heterocycles. The number of esters is 1. The molecule has 2 heterocycles. The summed E-state index contributed by atoms with van der Waals surface area (Å²) in [5.74, 6) is -2.41. The molecular formula is C19H21N3O6S2. The zero-order valence-electron chi connectivity index (χ0n) is 16.1. The molecule has 1 atom stereocenters. The van der Waals surface area contributed by atoms with Crippen LogP contribution in [0.1, 0.15) is 46.2 Å². The normalized spacial score (nSPS) is 11.4.